The Hall–Kier alpha value is -5.71. The van der Waals surface area contributed by atoms with Gasteiger partial charge in [0.15, 0.2) is 23.5 Å². The monoisotopic (exact) mass is 657 g/mol. The molecule has 1 atom stereocenters. The minimum atomic E-state index is -4.80. The first-order chi connectivity index (χ1) is 21.9. The van der Waals surface area contributed by atoms with Gasteiger partial charge in [0.2, 0.25) is 12.1 Å². The third-order valence-corrected chi connectivity index (χ3v) is 7.24. The van der Waals surface area contributed by atoms with Gasteiger partial charge in [-0.2, -0.15) is 28.0 Å². The second-order valence-corrected chi connectivity index (χ2v) is 10.2. The molecule has 1 unspecified atom stereocenters. The summed E-state index contributed by atoms with van der Waals surface area (Å²) in [6.07, 6.45) is 0.808. The van der Waals surface area contributed by atoms with Gasteiger partial charge in [-0.15, -0.1) is 5.10 Å². The summed E-state index contributed by atoms with van der Waals surface area (Å²) >= 11 is 6.00. The molecule has 0 saturated heterocycles. The van der Waals surface area contributed by atoms with E-state index in [1.54, 1.807) is 0 Å². The van der Waals surface area contributed by atoms with Gasteiger partial charge in [0, 0.05) is 24.2 Å². The van der Waals surface area contributed by atoms with E-state index < -0.39 is 35.5 Å². The molecule has 0 bridgehead atoms. The number of alkyl halides is 3. The largest absolute Gasteiger partial charge is 0.618 e. The maximum Gasteiger partial charge on any atom is 0.436 e. The van der Waals surface area contributed by atoms with E-state index in [0.29, 0.717) is 22.1 Å². The van der Waals surface area contributed by atoms with Crippen molar-refractivity contribution in [3.05, 3.63) is 118 Å². The van der Waals surface area contributed by atoms with E-state index in [-0.39, 0.29) is 45.3 Å². The molecule has 0 aliphatic carbocycles. The molecule has 4 heterocycles. The van der Waals surface area contributed by atoms with Crippen LogP contribution in [0.2, 0.25) is 5.02 Å². The van der Waals surface area contributed by atoms with Crippen LogP contribution in [0.3, 0.4) is 0 Å². The molecule has 6 rings (SSSR count). The summed E-state index contributed by atoms with van der Waals surface area (Å²) in [4.78, 5) is 15.4. The van der Waals surface area contributed by atoms with Gasteiger partial charge in [0.1, 0.15) is 11.9 Å². The lowest BCUT2D eigenvalue weighted by Gasteiger charge is -2.17. The van der Waals surface area contributed by atoms with Gasteiger partial charge >= 0.3 is 6.18 Å². The Kier molecular flexibility index (Phi) is 7.69. The summed E-state index contributed by atoms with van der Waals surface area (Å²) in [7, 11) is 0. The van der Waals surface area contributed by atoms with Crippen molar-refractivity contribution in [2.75, 3.05) is 0 Å². The molecule has 12 nitrogen and oxygen atoms in total. The highest BCUT2D eigenvalue weighted by molar-refractivity contribution is 6.31. The van der Waals surface area contributed by atoms with Gasteiger partial charge in [-0.25, -0.2) is 13.5 Å². The number of amides is 1. The summed E-state index contributed by atoms with van der Waals surface area (Å²) in [6, 6.07) is 8.04. The number of primary amides is 1. The number of halogens is 6. The normalized spacial score (nSPS) is 12.4. The minimum Gasteiger partial charge on any atom is -0.618 e. The summed E-state index contributed by atoms with van der Waals surface area (Å²) < 4.78 is 76.8. The number of hydrogen-bond acceptors (Lipinski definition) is 8. The molecule has 2 aromatic carbocycles. The standard InChI is InChI=1S/C28H17ClF5N9O3/c29-18-4-6-21(42-12-23(38-40-42)28(32,33)34)25(26(18)31)15-2-5-20(43(45)11-15)22(8-24-36-13-46-39-24)41-10-16(9-37-41)14-1-3-17(27(35)44)19(30)7-14/h1-7,9-13,22H,8H2,(H2,35,44). The number of aromatic nitrogens is 8. The predicted molar refractivity (Wildman–Crippen MR) is 148 cm³/mol. The van der Waals surface area contributed by atoms with Crippen LogP contribution in [0.25, 0.3) is 27.9 Å². The van der Waals surface area contributed by atoms with E-state index in [1.165, 1.54) is 47.4 Å². The number of nitrogens with zero attached hydrogens (tertiary/aromatic N) is 8. The Bertz CT molecular complexity index is 2080. The minimum absolute atomic E-state index is 0.00979. The average molecular weight is 658 g/mol. The van der Waals surface area contributed by atoms with Crippen LogP contribution in [-0.2, 0) is 12.6 Å². The molecule has 0 saturated carbocycles. The zero-order valence-electron chi connectivity index (χ0n) is 22.9. The molecule has 0 aliphatic heterocycles. The summed E-state index contributed by atoms with van der Waals surface area (Å²) in [6.45, 7) is 0. The SMILES string of the molecule is NC(=O)c1ccc(-c2cnn(C(Cc3ncon3)c3ccc(-c4c(-n5cc(C(F)(F)F)nn5)ccc(Cl)c4F)c[n+]3[O-])c2)cc1F. The zero-order valence-corrected chi connectivity index (χ0v) is 23.6. The Morgan fingerprint density at radius 1 is 1.09 bits per heavy atom. The number of benzene rings is 2. The van der Waals surface area contributed by atoms with Crippen LogP contribution in [-0.4, -0.2) is 40.8 Å². The predicted octanol–water partition coefficient (Wildman–Crippen LogP) is 4.70. The van der Waals surface area contributed by atoms with Gasteiger partial charge in [-0.1, -0.05) is 28.0 Å². The number of hydrogen-bond donors (Lipinski definition) is 1. The number of carbonyl (C=O) groups excluding carboxylic acids is 1. The molecule has 234 valence electrons. The zero-order chi connectivity index (χ0) is 32.7. The van der Waals surface area contributed by atoms with Crippen LogP contribution in [0.15, 0.2) is 78.2 Å². The first kappa shape index (κ1) is 30.3. The first-order valence-electron chi connectivity index (χ1n) is 13.0. The molecule has 46 heavy (non-hydrogen) atoms. The number of nitrogens with two attached hydrogens (primary N) is 1. The van der Waals surface area contributed by atoms with Crippen molar-refractivity contribution >= 4 is 17.5 Å². The third kappa shape index (κ3) is 5.74. The summed E-state index contributed by atoms with van der Waals surface area (Å²) in [5, 5.41) is 27.9. The van der Waals surface area contributed by atoms with Gasteiger partial charge in [0.25, 0.3) is 5.91 Å². The summed E-state index contributed by atoms with van der Waals surface area (Å²) in [5.74, 6) is -2.56. The molecule has 6 aromatic rings. The Morgan fingerprint density at radius 2 is 1.87 bits per heavy atom. The smallest absolute Gasteiger partial charge is 0.436 e. The molecule has 4 aromatic heterocycles. The van der Waals surface area contributed by atoms with Gasteiger partial charge < -0.3 is 15.5 Å². The van der Waals surface area contributed by atoms with Gasteiger partial charge in [0.05, 0.1) is 39.8 Å². The van der Waals surface area contributed by atoms with Crippen molar-refractivity contribution in [2.24, 2.45) is 5.73 Å². The van der Waals surface area contributed by atoms with E-state index in [2.05, 4.69) is 25.6 Å². The molecule has 0 radical (unpaired) electrons. The Morgan fingerprint density at radius 3 is 2.52 bits per heavy atom. The first-order valence-corrected chi connectivity index (χ1v) is 13.4. The van der Waals surface area contributed by atoms with Crippen molar-refractivity contribution in [1.29, 1.82) is 0 Å². The maximum absolute atomic E-state index is 15.4. The number of rotatable bonds is 8. The highest BCUT2D eigenvalue weighted by atomic mass is 35.5. The van der Waals surface area contributed by atoms with E-state index in [9.17, 15) is 27.6 Å². The molecule has 0 fully saturated rings. The molecule has 2 N–H and O–H groups in total. The molecular formula is C28H17ClF5N9O3. The molecule has 18 heteroatoms. The fourth-order valence-corrected chi connectivity index (χ4v) is 4.91. The topological polar surface area (TPSA) is 157 Å². The van der Waals surface area contributed by atoms with E-state index in [1.807, 2.05) is 0 Å². The fourth-order valence-electron chi connectivity index (χ4n) is 4.76. The lowest BCUT2D eigenvalue weighted by molar-refractivity contribution is -0.615. The molecule has 1 amide bonds. The maximum atomic E-state index is 15.4. The fraction of sp³-hybridized carbons (Fsp3) is 0.107. The van der Waals surface area contributed by atoms with E-state index >= 15 is 4.39 Å². The van der Waals surface area contributed by atoms with E-state index in [4.69, 9.17) is 21.9 Å². The Balaban J connectivity index is 1.41. The van der Waals surface area contributed by atoms with Crippen molar-refractivity contribution in [3.63, 3.8) is 0 Å². The van der Waals surface area contributed by atoms with Crippen molar-refractivity contribution in [3.8, 4) is 27.9 Å². The number of carbonyl (C=O) groups is 1. The van der Waals surface area contributed by atoms with Crippen molar-refractivity contribution in [1.82, 2.24) is 34.9 Å². The lowest BCUT2D eigenvalue weighted by atomic mass is 10.0. The van der Waals surface area contributed by atoms with Gasteiger partial charge in [-0.05, 0) is 35.9 Å². The van der Waals surface area contributed by atoms with Crippen LogP contribution in [0, 0.1) is 16.8 Å². The van der Waals surface area contributed by atoms with Gasteiger partial charge in [-0.3, -0.25) is 9.48 Å². The third-order valence-electron chi connectivity index (χ3n) is 6.95. The highest BCUT2D eigenvalue weighted by Gasteiger charge is 2.35. The van der Waals surface area contributed by atoms with Crippen LogP contribution < -0.4 is 10.5 Å². The molecule has 0 aliphatic rings. The van der Waals surface area contributed by atoms with Crippen LogP contribution in [0.4, 0.5) is 22.0 Å². The molecular weight excluding hydrogens is 641 g/mol. The molecule has 0 spiro atoms. The Labute approximate surface area is 259 Å². The van der Waals surface area contributed by atoms with Crippen LogP contribution in [0.5, 0.6) is 0 Å². The van der Waals surface area contributed by atoms with Crippen LogP contribution >= 0.6 is 11.6 Å². The van der Waals surface area contributed by atoms with E-state index in [0.717, 1.165) is 29.4 Å². The van der Waals surface area contributed by atoms with Crippen molar-refractivity contribution < 1.29 is 36.0 Å². The second-order valence-electron chi connectivity index (χ2n) is 9.81. The second kappa shape index (κ2) is 11.7. The van der Waals surface area contributed by atoms with Crippen LogP contribution in [0.1, 0.15) is 33.6 Å². The highest BCUT2D eigenvalue weighted by Crippen LogP contribution is 2.35. The average Bonchev–Trinajstić information content (AvgIpc) is 3.79. The quantitative estimate of drug-likeness (QED) is 0.140. The lowest BCUT2D eigenvalue weighted by Crippen LogP contribution is -2.36. The summed E-state index contributed by atoms with van der Waals surface area (Å²) in [5.41, 5.74) is 3.95. The van der Waals surface area contributed by atoms with Crippen molar-refractivity contribution in [2.45, 2.75) is 18.6 Å². The number of pyridine rings is 1.